The molecule has 0 aromatic heterocycles. The highest BCUT2D eigenvalue weighted by Crippen LogP contribution is 2.28. The summed E-state index contributed by atoms with van der Waals surface area (Å²) < 4.78 is 32.6. The first-order valence-electron chi connectivity index (χ1n) is 5.07. The lowest BCUT2D eigenvalue weighted by molar-refractivity contribution is 0.438. The van der Waals surface area contributed by atoms with Gasteiger partial charge in [0.15, 0.2) is 11.6 Å². The maximum Gasteiger partial charge on any atom is 0.166 e. The van der Waals surface area contributed by atoms with Gasteiger partial charge in [-0.1, -0.05) is 22.0 Å². The highest BCUT2D eigenvalue weighted by atomic mass is 79.9. The maximum absolute atomic E-state index is 13.7. The summed E-state index contributed by atoms with van der Waals surface area (Å²) in [5.74, 6) is -0.608. The van der Waals surface area contributed by atoms with Gasteiger partial charge in [-0.05, 0) is 45.8 Å². The van der Waals surface area contributed by atoms with Crippen LogP contribution in [-0.4, -0.2) is 0 Å². The molecule has 0 unspecified atom stereocenters. The van der Waals surface area contributed by atoms with Crippen LogP contribution < -0.4 is 4.74 Å². The van der Waals surface area contributed by atoms with E-state index in [1.165, 1.54) is 24.3 Å². The van der Waals surface area contributed by atoms with Gasteiger partial charge in [0.1, 0.15) is 11.6 Å². The molecular formula is C13H8Br2F2O. The molecule has 2 aromatic carbocycles. The van der Waals surface area contributed by atoms with Crippen LogP contribution in [-0.2, 0) is 5.33 Å². The first-order valence-corrected chi connectivity index (χ1v) is 6.99. The molecule has 0 saturated heterocycles. The first kappa shape index (κ1) is 13.5. The summed E-state index contributed by atoms with van der Waals surface area (Å²) in [6.07, 6.45) is 0. The van der Waals surface area contributed by atoms with E-state index in [0.29, 0.717) is 9.80 Å². The number of ether oxygens (including phenoxy) is 1. The van der Waals surface area contributed by atoms with Gasteiger partial charge in [-0.2, -0.15) is 0 Å². The SMILES string of the molecule is Fc1cc(Oc2ccc(CBr)cc2F)ccc1Br. The van der Waals surface area contributed by atoms with Crippen molar-refractivity contribution in [2.24, 2.45) is 0 Å². The van der Waals surface area contributed by atoms with Gasteiger partial charge in [-0.15, -0.1) is 0 Å². The van der Waals surface area contributed by atoms with E-state index in [-0.39, 0.29) is 11.5 Å². The highest BCUT2D eigenvalue weighted by Gasteiger charge is 2.07. The molecular weight excluding hydrogens is 370 g/mol. The van der Waals surface area contributed by atoms with Crippen LogP contribution >= 0.6 is 31.9 Å². The van der Waals surface area contributed by atoms with E-state index in [1.807, 2.05) is 0 Å². The fourth-order valence-electron chi connectivity index (χ4n) is 1.38. The Morgan fingerprint density at radius 1 is 1.00 bits per heavy atom. The van der Waals surface area contributed by atoms with Crippen molar-refractivity contribution >= 4 is 31.9 Å². The number of benzene rings is 2. The zero-order valence-corrected chi connectivity index (χ0v) is 12.3. The predicted molar refractivity (Wildman–Crippen MR) is 73.2 cm³/mol. The smallest absolute Gasteiger partial charge is 0.166 e. The zero-order valence-electron chi connectivity index (χ0n) is 9.09. The molecule has 0 aliphatic carbocycles. The summed E-state index contributed by atoms with van der Waals surface area (Å²) in [6.45, 7) is 0. The molecule has 5 heteroatoms. The van der Waals surface area contributed by atoms with Crippen molar-refractivity contribution in [2.45, 2.75) is 5.33 Å². The van der Waals surface area contributed by atoms with Gasteiger partial charge in [-0.25, -0.2) is 8.78 Å². The van der Waals surface area contributed by atoms with Crippen molar-refractivity contribution in [3.8, 4) is 11.5 Å². The van der Waals surface area contributed by atoms with Crippen LogP contribution in [0.25, 0.3) is 0 Å². The second-order valence-corrected chi connectivity index (χ2v) is 4.99. The largest absolute Gasteiger partial charge is 0.454 e. The zero-order chi connectivity index (χ0) is 13.1. The molecule has 0 amide bonds. The quantitative estimate of drug-likeness (QED) is 0.649. The van der Waals surface area contributed by atoms with Gasteiger partial charge < -0.3 is 4.74 Å². The van der Waals surface area contributed by atoms with Crippen molar-refractivity contribution < 1.29 is 13.5 Å². The molecule has 0 saturated carbocycles. The fraction of sp³-hybridized carbons (Fsp3) is 0.0769. The molecule has 0 fully saturated rings. The Morgan fingerprint density at radius 3 is 2.39 bits per heavy atom. The second-order valence-electron chi connectivity index (χ2n) is 3.58. The summed E-state index contributed by atoms with van der Waals surface area (Å²) in [4.78, 5) is 0. The molecule has 0 aliphatic rings. The van der Waals surface area contributed by atoms with Gasteiger partial charge in [-0.3, -0.25) is 0 Å². The Hall–Kier alpha value is -0.940. The number of halogens is 4. The van der Waals surface area contributed by atoms with Gasteiger partial charge in [0.25, 0.3) is 0 Å². The van der Waals surface area contributed by atoms with Crippen LogP contribution in [0.15, 0.2) is 40.9 Å². The van der Waals surface area contributed by atoms with Gasteiger partial charge in [0, 0.05) is 11.4 Å². The molecule has 94 valence electrons. The van der Waals surface area contributed by atoms with E-state index in [2.05, 4.69) is 31.9 Å². The van der Waals surface area contributed by atoms with E-state index in [9.17, 15) is 8.78 Å². The number of alkyl halides is 1. The number of hydrogen-bond acceptors (Lipinski definition) is 1. The monoisotopic (exact) mass is 376 g/mol. The minimum atomic E-state index is -0.477. The minimum Gasteiger partial charge on any atom is -0.454 e. The molecule has 2 aromatic rings. The van der Waals surface area contributed by atoms with Crippen LogP contribution in [0.3, 0.4) is 0 Å². The van der Waals surface area contributed by atoms with Crippen molar-refractivity contribution in [1.29, 1.82) is 0 Å². The van der Waals surface area contributed by atoms with Crippen LogP contribution in [0.5, 0.6) is 11.5 Å². The van der Waals surface area contributed by atoms with E-state index in [1.54, 1.807) is 12.1 Å². The van der Waals surface area contributed by atoms with E-state index < -0.39 is 11.6 Å². The van der Waals surface area contributed by atoms with Crippen LogP contribution in [0.1, 0.15) is 5.56 Å². The summed E-state index contributed by atoms with van der Waals surface area (Å²) in [5.41, 5.74) is 0.807. The first-order chi connectivity index (χ1) is 8.60. The van der Waals surface area contributed by atoms with Crippen molar-refractivity contribution in [3.05, 3.63) is 58.1 Å². The Kier molecular flexibility index (Phi) is 4.35. The van der Waals surface area contributed by atoms with Gasteiger partial charge in [0.05, 0.1) is 4.47 Å². The van der Waals surface area contributed by atoms with Gasteiger partial charge >= 0.3 is 0 Å². The maximum atomic E-state index is 13.7. The highest BCUT2D eigenvalue weighted by molar-refractivity contribution is 9.10. The van der Waals surface area contributed by atoms with Gasteiger partial charge in [0.2, 0.25) is 0 Å². The number of hydrogen-bond donors (Lipinski definition) is 0. The lowest BCUT2D eigenvalue weighted by atomic mass is 10.2. The fourth-order valence-corrected chi connectivity index (χ4v) is 1.97. The Bertz CT molecular complexity index is 573. The third-order valence-electron chi connectivity index (χ3n) is 2.27. The molecule has 0 atom stereocenters. The average molecular weight is 378 g/mol. The molecule has 1 nitrogen and oxygen atoms in total. The van der Waals surface area contributed by atoms with Crippen molar-refractivity contribution in [2.75, 3.05) is 0 Å². The Morgan fingerprint density at radius 2 is 1.78 bits per heavy atom. The Balaban J connectivity index is 2.25. The lowest BCUT2D eigenvalue weighted by Crippen LogP contribution is -1.91. The normalized spacial score (nSPS) is 10.4. The molecule has 0 radical (unpaired) electrons. The molecule has 0 spiro atoms. The van der Waals surface area contributed by atoms with E-state index in [0.717, 1.165) is 5.56 Å². The van der Waals surface area contributed by atoms with Crippen molar-refractivity contribution in [3.63, 3.8) is 0 Å². The molecule has 0 aliphatic heterocycles. The predicted octanol–water partition coefficient (Wildman–Crippen LogP) is 5.41. The Labute approximate surface area is 120 Å². The van der Waals surface area contributed by atoms with Crippen LogP contribution in [0, 0.1) is 11.6 Å². The van der Waals surface area contributed by atoms with E-state index >= 15 is 0 Å². The number of rotatable bonds is 3. The molecule has 18 heavy (non-hydrogen) atoms. The topological polar surface area (TPSA) is 9.23 Å². The second kappa shape index (κ2) is 5.80. The third kappa shape index (κ3) is 3.09. The van der Waals surface area contributed by atoms with Crippen molar-refractivity contribution in [1.82, 2.24) is 0 Å². The minimum absolute atomic E-state index is 0.0708. The van der Waals surface area contributed by atoms with Crippen LogP contribution in [0.2, 0.25) is 0 Å². The van der Waals surface area contributed by atoms with E-state index in [4.69, 9.17) is 4.74 Å². The lowest BCUT2D eigenvalue weighted by Gasteiger charge is -2.08. The average Bonchev–Trinajstić information content (AvgIpc) is 2.36. The molecule has 0 N–H and O–H groups in total. The molecule has 2 rings (SSSR count). The molecule has 0 heterocycles. The third-order valence-corrected chi connectivity index (χ3v) is 3.56. The van der Waals surface area contributed by atoms with Crippen LogP contribution in [0.4, 0.5) is 8.78 Å². The summed E-state index contributed by atoms with van der Waals surface area (Å²) >= 11 is 6.28. The molecule has 0 bridgehead atoms. The summed E-state index contributed by atoms with van der Waals surface area (Å²) in [6, 6.07) is 8.90. The summed E-state index contributed by atoms with van der Waals surface area (Å²) in [5, 5.41) is 0.567. The standard InChI is InChI=1S/C13H8Br2F2O/c14-7-8-1-4-13(12(17)5-8)18-9-2-3-10(15)11(16)6-9/h1-6H,7H2. The summed E-state index contributed by atoms with van der Waals surface area (Å²) in [7, 11) is 0.